The van der Waals surface area contributed by atoms with E-state index in [-0.39, 0.29) is 25.2 Å². The number of unbranched alkanes of at least 4 members (excludes halogenated alkanes) is 19. The van der Waals surface area contributed by atoms with Crippen LogP contribution in [-0.4, -0.2) is 36.4 Å². The number of allylic oxidation sites excluding steroid dienone is 18. The van der Waals surface area contributed by atoms with Crippen molar-refractivity contribution >= 4 is 11.9 Å². The van der Waals surface area contributed by atoms with Crippen molar-refractivity contribution in [2.45, 2.75) is 225 Å². The number of carbonyl (C=O) groups excluding carboxylic acids is 2. The van der Waals surface area contributed by atoms with Crippen molar-refractivity contribution in [1.82, 2.24) is 0 Å². The number of aliphatic hydroxyl groups is 1. The quantitative estimate of drug-likeness (QED) is 0.0375. The summed E-state index contributed by atoms with van der Waals surface area (Å²) in [4.78, 5) is 24.4. The lowest BCUT2D eigenvalue weighted by Crippen LogP contribution is -2.28. The molecule has 5 heteroatoms. The summed E-state index contributed by atoms with van der Waals surface area (Å²) in [5.74, 6) is -0.642. The molecule has 0 saturated carbocycles. The molecule has 0 radical (unpaired) electrons. The first-order valence-corrected chi connectivity index (χ1v) is 25.4. The van der Waals surface area contributed by atoms with Crippen molar-refractivity contribution < 1.29 is 24.2 Å². The van der Waals surface area contributed by atoms with Crippen LogP contribution in [0.5, 0.6) is 0 Å². The second-order valence-corrected chi connectivity index (χ2v) is 16.5. The number of rotatable bonds is 45. The van der Waals surface area contributed by atoms with Gasteiger partial charge in [-0.05, 0) is 96.3 Å². The molecule has 0 bridgehead atoms. The smallest absolute Gasteiger partial charge is 0.306 e. The SMILES string of the molecule is CC/C=C\C/C=C\C/C=C\C/C=C\C/C=C\CCCCCCCCCCCCCCCCCCCC(=O)OC(CO)COC(=O)CCCC/C=C\C/C=C\C/C=C\C/C=C\CC. The number of hydrogen-bond acceptors (Lipinski definition) is 5. The molecule has 0 fully saturated rings. The fraction of sp³-hybridized carbons (Fsp3) is 0.649. The third kappa shape index (κ3) is 49.2. The maximum atomic E-state index is 12.3. The van der Waals surface area contributed by atoms with Gasteiger partial charge in [-0.1, -0.05) is 220 Å². The summed E-state index contributed by atoms with van der Waals surface area (Å²) in [5, 5.41) is 9.61. The Labute approximate surface area is 382 Å². The molecule has 0 rings (SSSR count). The van der Waals surface area contributed by atoms with Gasteiger partial charge in [-0.3, -0.25) is 9.59 Å². The molecule has 352 valence electrons. The average molecular weight is 859 g/mol. The molecule has 0 aromatic rings. The van der Waals surface area contributed by atoms with E-state index in [1.807, 2.05) is 0 Å². The summed E-state index contributed by atoms with van der Waals surface area (Å²) >= 11 is 0. The van der Waals surface area contributed by atoms with E-state index in [4.69, 9.17) is 9.47 Å². The summed E-state index contributed by atoms with van der Waals surface area (Å²) < 4.78 is 10.6. The largest absolute Gasteiger partial charge is 0.462 e. The van der Waals surface area contributed by atoms with Crippen molar-refractivity contribution in [3.63, 3.8) is 0 Å². The first-order chi connectivity index (χ1) is 30.6. The number of aliphatic hydroxyl groups excluding tert-OH is 1. The lowest BCUT2D eigenvalue weighted by atomic mass is 10.0. The van der Waals surface area contributed by atoms with Crippen LogP contribution in [0.15, 0.2) is 109 Å². The minimum atomic E-state index is -0.794. The third-order valence-electron chi connectivity index (χ3n) is 10.6. The van der Waals surface area contributed by atoms with Gasteiger partial charge in [0.2, 0.25) is 0 Å². The molecule has 1 N–H and O–H groups in total. The predicted octanol–water partition coefficient (Wildman–Crippen LogP) is 17.0. The van der Waals surface area contributed by atoms with Gasteiger partial charge in [0.15, 0.2) is 6.10 Å². The predicted molar refractivity (Wildman–Crippen MR) is 269 cm³/mol. The number of esters is 2. The van der Waals surface area contributed by atoms with Gasteiger partial charge in [0.25, 0.3) is 0 Å². The van der Waals surface area contributed by atoms with Gasteiger partial charge in [-0.2, -0.15) is 0 Å². The van der Waals surface area contributed by atoms with Gasteiger partial charge in [-0.15, -0.1) is 0 Å². The average Bonchev–Trinajstić information content (AvgIpc) is 3.28. The molecule has 0 aromatic carbocycles. The molecule has 1 unspecified atom stereocenters. The van der Waals surface area contributed by atoms with Crippen molar-refractivity contribution in [2.75, 3.05) is 13.2 Å². The van der Waals surface area contributed by atoms with Crippen LogP contribution in [0.25, 0.3) is 0 Å². The van der Waals surface area contributed by atoms with E-state index >= 15 is 0 Å². The second-order valence-electron chi connectivity index (χ2n) is 16.5. The molecule has 0 amide bonds. The Bertz CT molecular complexity index is 1250. The van der Waals surface area contributed by atoms with Crippen LogP contribution in [-0.2, 0) is 19.1 Å². The van der Waals surface area contributed by atoms with Gasteiger partial charge < -0.3 is 14.6 Å². The molecule has 0 aliphatic rings. The van der Waals surface area contributed by atoms with E-state index in [1.165, 1.54) is 96.3 Å². The Kier molecular flexibility index (Phi) is 49.0. The first kappa shape index (κ1) is 58.6. The van der Waals surface area contributed by atoms with E-state index in [0.29, 0.717) is 12.8 Å². The zero-order chi connectivity index (χ0) is 44.9. The highest BCUT2D eigenvalue weighted by Crippen LogP contribution is 2.15. The van der Waals surface area contributed by atoms with Gasteiger partial charge in [-0.25, -0.2) is 0 Å². The van der Waals surface area contributed by atoms with Crippen LogP contribution in [0.1, 0.15) is 219 Å². The molecular weight excluding hydrogens is 765 g/mol. The molecule has 0 aliphatic carbocycles. The molecule has 1 atom stereocenters. The summed E-state index contributed by atoms with van der Waals surface area (Å²) in [6.07, 6.45) is 74.8. The Hall–Kier alpha value is -3.44. The highest BCUT2D eigenvalue weighted by Gasteiger charge is 2.16. The van der Waals surface area contributed by atoms with Crippen molar-refractivity contribution in [2.24, 2.45) is 0 Å². The topological polar surface area (TPSA) is 72.8 Å². The summed E-state index contributed by atoms with van der Waals surface area (Å²) in [7, 11) is 0. The van der Waals surface area contributed by atoms with E-state index in [0.717, 1.165) is 96.3 Å². The Morgan fingerprint density at radius 2 is 0.645 bits per heavy atom. The molecular formula is C57H94O5. The van der Waals surface area contributed by atoms with Crippen LogP contribution in [0.2, 0.25) is 0 Å². The summed E-state index contributed by atoms with van der Waals surface area (Å²) in [5.41, 5.74) is 0. The zero-order valence-electron chi connectivity index (χ0n) is 40.1. The minimum absolute atomic E-state index is 0.0914. The highest BCUT2D eigenvalue weighted by molar-refractivity contribution is 5.70. The fourth-order valence-electron chi connectivity index (χ4n) is 6.81. The monoisotopic (exact) mass is 859 g/mol. The molecule has 0 aliphatic heterocycles. The summed E-state index contributed by atoms with van der Waals surface area (Å²) in [6.45, 7) is 3.87. The second kappa shape index (κ2) is 51.9. The van der Waals surface area contributed by atoms with Crippen LogP contribution in [0, 0.1) is 0 Å². The third-order valence-corrected chi connectivity index (χ3v) is 10.6. The number of ether oxygens (including phenoxy) is 2. The standard InChI is InChI=1S/C57H94O5/c1-3-5-7-9-11-13-15-17-19-20-21-22-23-24-25-26-27-28-29-30-31-32-33-34-35-36-38-40-42-44-46-48-50-52-57(60)62-55(53-58)54-61-56(59)51-49-47-45-43-41-39-37-18-16-14-12-10-8-6-4-2/h5-8,11-14,17-19,21-22,24-25,37,41,43,55,58H,3-4,9-10,15-16,20,23,26-36,38-40,42,44-54H2,1-2H3/b7-5-,8-6-,13-11-,14-12-,19-17-,22-21-,25-24-,37-18-,43-41-. The Morgan fingerprint density at radius 1 is 0.371 bits per heavy atom. The Balaban J connectivity index is 3.52. The minimum Gasteiger partial charge on any atom is -0.462 e. The lowest BCUT2D eigenvalue weighted by Gasteiger charge is -2.15. The maximum absolute atomic E-state index is 12.3. The lowest BCUT2D eigenvalue weighted by molar-refractivity contribution is -0.161. The van der Waals surface area contributed by atoms with Crippen molar-refractivity contribution in [1.29, 1.82) is 0 Å². The normalized spacial score (nSPS) is 13.1. The molecule has 0 saturated heterocycles. The van der Waals surface area contributed by atoms with Crippen LogP contribution < -0.4 is 0 Å². The number of hydrogen-bond donors (Lipinski definition) is 1. The molecule has 62 heavy (non-hydrogen) atoms. The van der Waals surface area contributed by atoms with Gasteiger partial charge in [0.05, 0.1) is 6.61 Å². The van der Waals surface area contributed by atoms with E-state index in [9.17, 15) is 14.7 Å². The van der Waals surface area contributed by atoms with Crippen LogP contribution in [0.3, 0.4) is 0 Å². The van der Waals surface area contributed by atoms with Gasteiger partial charge in [0.1, 0.15) is 6.61 Å². The van der Waals surface area contributed by atoms with E-state index < -0.39 is 6.10 Å². The van der Waals surface area contributed by atoms with Crippen molar-refractivity contribution in [3.8, 4) is 0 Å². The fourth-order valence-corrected chi connectivity index (χ4v) is 6.81. The van der Waals surface area contributed by atoms with Gasteiger partial charge in [0, 0.05) is 12.8 Å². The van der Waals surface area contributed by atoms with Crippen LogP contribution >= 0.6 is 0 Å². The maximum Gasteiger partial charge on any atom is 0.306 e. The highest BCUT2D eigenvalue weighted by atomic mass is 16.6. The van der Waals surface area contributed by atoms with Gasteiger partial charge >= 0.3 is 11.9 Å². The van der Waals surface area contributed by atoms with Crippen molar-refractivity contribution in [3.05, 3.63) is 109 Å². The molecule has 0 heterocycles. The first-order valence-electron chi connectivity index (χ1n) is 25.4. The molecule has 0 aromatic heterocycles. The zero-order valence-corrected chi connectivity index (χ0v) is 40.1. The Morgan fingerprint density at radius 3 is 1.00 bits per heavy atom. The molecule has 0 spiro atoms. The van der Waals surface area contributed by atoms with E-state index in [2.05, 4.69) is 123 Å². The summed E-state index contributed by atoms with van der Waals surface area (Å²) in [6, 6.07) is 0. The van der Waals surface area contributed by atoms with Crippen LogP contribution in [0.4, 0.5) is 0 Å². The number of carbonyl (C=O) groups is 2. The van der Waals surface area contributed by atoms with E-state index in [1.54, 1.807) is 0 Å². The molecule has 5 nitrogen and oxygen atoms in total.